The molecule has 0 aliphatic carbocycles. The second-order valence-corrected chi connectivity index (χ2v) is 16.1. The topological polar surface area (TPSA) is 173 Å². The lowest BCUT2D eigenvalue weighted by atomic mass is 10.0. The van der Waals surface area contributed by atoms with Gasteiger partial charge in [-0.25, -0.2) is 23.6 Å². The average molecular weight is 760 g/mol. The number of aromatic nitrogens is 1. The highest BCUT2D eigenvalue weighted by atomic mass is 32.2. The number of nitrogens with zero attached hydrogens (tertiary/aromatic N) is 2. The Morgan fingerprint density at radius 1 is 1.10 bits per heavy atom. The lowest BCUT2D eigenvalue weighted by molar-refractivity contribution is -0.145. The maximum Gasteiger partial charge on any atom is 0.421 e. The number of thiazole rings is 1. The average Bonchev–Trinajstić information content (AvgIpc) is 3.92. The van der Waals surface area contributed by atoms with E-state index in [2.05, 4.69) is 22.8 Å². The standard InChI is InChI=1S/C35H43N4O11S2/c1-21(2)15-39(52(42,43)27-9-10-30-31(14-27)48-20-47-30)16-32(49-23(4)40)29(37-38-35(41)50-33-18-46-34-28(33)11-12-44-34)13-24-5-7-26(8-6-24)45-17-25-19-51-22(3)36-25/h5-10,14,19,21,28-29,32-34,37H,4,11-13,15-18,20H2,1-3H3,(H,38,41)/t28-,29-,32+,33-,34+/m0/s1. The molecule has 2 saturated heterocycles. The van der Waals surface area contributed by atoms with Crippen molar-refractivity contribution in [3.63, 3.8) is 0 Å². The molecule has 52 heavy (non-hydrogen) atoms. The highest BCUT2D eigenvalue weighted by Gasteiger charge is 2.44. The van der Waals surface area contributed by atoms with Crippen molar-refractivity contribution in [1.29, 1.82) is 0 Å². The Balaban J connectivity index is 1.22. The molecule has 3 aromatic rings. The van der Waals surface area contributed by atoms with Crippen molar-refractivity contribution in [2.24, 2.45) is 11.8 Å². The van der Waals surface area contributed by atoms with E-state index in [1.807, 2.05) is 38.3 Å². The van der Waals surface area contributed by atoms with E-state index in [0.717, 1.165) is 16.3 Å². The Kier molecular flexibility index (Phi) is 12.2. The van der Waals surface area contributed by atoms with Gasteiger partial charge in [0.2, 0.25) is 16.8 Å². The van der Waals surface area contributed by atoms with Crippen LogP contribution in [-0.2, 0) is 46.8 Å². The number of fused-ring (bicyclic) bond motifs is 2. The molecule has 0 spiro atoms. The highest BCUT2D eigenvalue weighted by Crippen LogP contribution is 2.35. The van der Waals surface area contributed by atoms with Gasteiger partial charge >= 0.3 is 12.1 Å². The van der Waals surface area contributed by atoms with Crippen LogP contribution in [0.1, 0.15) is 36.5 Å². The van der Waals surface area contributed by atoms with Crippen LogP contribution in [0.15, 0.2) is 52.7 Å². The van der Waals surface area contributed by atoms with Gasteiger partial charge in [-0.3, -0.25) is 10.2 Å². The number of benzene rings is 2. The van der Waals surface area contributed by atoms with Crippen molar-refractivity contribution in [1.82, 2.24) is 20.1 Å². The summed E-state index contributed by atoms with van der Waals surface area (Å²) in [6.45, 7) is 9.94. The highest BCUT2D eigenvalue weighted by molar-refractivity contribution is 7.89. The molecule has 3 aliphatic rings. The van der Waals surface area contributed by atoms with E-state index in [1.54, 1.807) is 23.5 Å². The third kappa shape index (κ3) is 9.50. The van der Waals surface area contributed by atoms with Crippen molar-refractivity contribution in [3.05, 3.63) is 71.0 Å². The predicted molar refractivity (Wildman–Crippen MR) is 187 cm³/mol. The second-order valence-electron chi connectivity index (χ2n) is 13.1. The van der Waals surface area contributed by atoms with E-state index in [0.29, 0.717) is 36.9 Å². The van der Waals surface area contributed by atoms with E-state index in [-0.39, 0.29) is 49.6 Å². The third-order valence-electron chi connectivity index (χ3n) is 8.70. The maximum absolute atomic E-state index is 14.1. The normalized spacial score (nSPS) is 20.5. The van der Waals surface area contributed by atoms with Crippen LogP contribution >= 0.6 is 11.3 Å². The number of nitrogens with one attached hydrogen (secondary N) is 2. The molecule has 0 unspecified atom stereocenters. The molecule has 4 heterocycles. The summed E-state index contributed by atoms with van der Waals surface area (Å²) in [5.74, 6) is 0.318. The third-order valence-corrected chi connectivity index (χ3v) is 11.4. The van der Waals surface area contributed by atoms with Crippen LogP contribution in [0, 0.1) is 25.7 Å². The van der Waals surface area contributed by atoms with E-state index >= 15 is 0 Å². The molecule has 2 fully saturated rings. The second kappa shape index (κ2) is 16.8. The number of carbonyl (C=O) groups excluding carboxylic acids is 2. The van der Waals surface area contributed by atoms with E-state index < -0.39 is 46.6 Å². The van der Waals surface area contributed by atoms with E-state index in [1.165, 1.54) is 22.5 Å². The summed E-state index contributed by atoms with van der Waals surface area (Å²) in [5, 5.41) is 2.89. The molecule has 17 heteroatoms. The number of aryl methyl sites for hydroxylation is 1. The van der Waals surface area contributed by atoms with Gasteiger partial charge in [0.05, 0.1) is 54.2 Å². The monoisotopic (exact) mass is 759 g/mol. The molecule has 1 amide bonds. The van der Waals surface area contributed by atoms with Gasteiger partial charge in [0.15, 0.2) is 17.8 Å². The van der Waals surface area contributed by atoms with Gasteiger partial charge < -0.3 is 33.2 Å². The van der Waals surface area contributed by atoms with Crippen molar-refractivity contribution >= 4 is 33.4 Å². The largest absolute Gasteiger partial charge is 0.487 e. The van der Waals surface area contributed by atoms with Crippen LogP contribution in [0.3, 0.4) is 0 Å². The summed E-state index contributed by atoms with van der Waals surface area (Å²) >= 11 is 1.55. The number of amides is 1. The van der Waals surface area contributed by atoms with Gasteiger partial charge in [0.25, 0.3) is 0 Å². The summed E-state index contributed by atoms with van der Waals surface area (Å²) in [6, 6.07) is 10.8. The molecule has 3 aliphatic heterocycles. The van der Waals surface area contributed by atoms with Crippen molar-refractivity contribution in [2.45, 2.75) is 69.7 Å². The Morgan fingerprint density at radius 2 is 1.88 bits per heavy atom. The number of rotatable bonds is 16. The number of carbonyl (C=O) groups is 2. The molecule has 2 aromatic carbocycles. The maximum atomic E-state index is 14.1. The summed E-state index contributed by atoms with van der Waals surface area (Å²) in [6.07, 6.45) is -1.93. The molecule has 281 valence electrons. The first kappa shape index (κ1) is 37.7. The van der Waals surface area contributed by atoms with Crippen molar-refractivity contribution in [2.75, 3.05) is 33.1 Å². The van der Waals surface area contributed by atoms with Gasteiger partial charge in [-0.2, -0.15) is 4.31 Å². The quantitative estimate of drug-likeness (QED) is 0.160. The van der Waals surface area contributed by atoms with Crippen LogP contribution in [0.4, 0.5) is 4.79 Å². The van der Waals surface area contributed by atoms with Gasteiger partial charge in [-0.05, 0) is 55.5 Å². The number of hydrogen-bond acceptors (Lipinski definition) is 14. The number of sulfonamides is 1. The lowest BCUT2D eigenvalue weighted by Crippen LogP contribution is -2.56. The molecule has 15 nitrogen and oxygen atoms in total. The smallest absolute Gasteiger partial charge is 0.421 e. The van der Waals surface area contributed by atoms with Crippen molar-refractivity contribution < 1.29 is 51.2 Å². The summed E-state index contributed by atoms with van der Waals surface area (Å²) in [7, 11) is -4.14. The number of hydrogen-bond donors (Lipinski definition) is 2. The lowest BCUT2D eigenvalue weighted by Gasteiger charge is -2.33. The zero-order valence-electron chi connectivity index (χ0n) is 29.1. The first-order valence-electron chi connectivity index (χ1n) is 16.9. The number of ether oxygens (including phenoxy) is 7. The molecule has 0 saturated carbocycles. The van der Waals surface area contributed by atoms with Gasteiger partial charge in [-0.1, -0.05) is 26.0 Å². The fraction of sp³-hybridized carbons (Fsp3) is 0.486. The van der Waals surface area contributed by atoms with Crippen LogP contribution < -0.4 is 25.1 Å². The predicted octanol–water partition coefficient (Wildman–Crippen LogP) is 3.76. The molecular formula is C35H43N4O11S2. The van der Waals surface area contributed by atoms with E-state index in [9.17, 15) is 18.0 Å². The number of hydrazine groups is 1. The van der Waals surface area contributed by atoms with Crippen LogP contribution in [0.25, 0.3) is 0 Å². The van der Waals surface area contributed by atoms with Crippen LogP contribution in [-0.4, -0.2) is 87.4 Å². The Bertz CT molecular complexity index is 1800. The summed E-state index contributed by atoms with van der Waals surface area (Å²) < 4.78 is 68.8. The number of esters is 1. The molecule has 2 N–H and O–H groups in total. The fourth-order valence-corrected chi connectivity index (χ4v) is 8.46. The first-order chi connectivity index (χ1) is 24.9. The summed E-state index contributed by atoms with van der Waals surface area (Å²) in [5.41, 5.74) is 7.14. The molecule has 6 rings (SSSR count). The zero-order valence-corrected chi connectivity index (χ0v) is 30.8. The minimum absolute atomic E-state index is 0.0137. The van der Waals surface area contributed by atoms with Crippen LogP contribution in [0.5, 0.6) is 17.2 Å². The fourth-order valence-electron chi connectivity index (χ4n) is 6.23. The van der Waals surface area contributed by atoms with Gasteiger partial charge in [0, 0.05) is 18.0 Å². The molecule has 5 atom stereocenters. The Labute approximate surface area is 306 Å². The Morgan fingerprint density at radius 3 is 2.62 bits per heavy atom. The van der Waals surface area contributed by atoms with Gasteiger partial charge in [-0.15, -0.1) is 11.3 Å². The van der Waals surface area contributed by atoms with Crippen LogP contribution in [0.2, 0.25) is 0 Å². The van der Waals surface area contributed by atoms with Gasteiger partial charge in [0.1, 0.15) is 24.6 Å². The molecule has 0 bridgehead atoms. The molecule has 1 aromatic heterocycles. The summed E-state index contributed by atoms with van der Waals surface area (Å²) in [4.78, 5) is 29.9. The van der Waals surface area contributed by atoms with E-state index in [4.69, 9.17) is 33.2 Å². The first-order valence-corrected chi connectivity index (χ1v) is 19.3. The molecule has 1 radical (unpaired) electrons. The van der Waals surface area contributed by atoms with Crippen molar-refractivity contribution in [3.8, 4) is 17.2 Å². The minimum Gasteiger partial charge on any atom is -0.487 e. The zero-order chi connectivity index (χ0) is 36.8. The Hall–Kier alpha value is -4.00. The minimum atomic E-state index is -4.14. The molecular weight excluding hydrogens is 717 g/mol. The SMILES string of the molecule is [CH2]C(=O)O[C@H](CN(CC(C)C)S(=O)(=O)c1ccc2c(c1)OCO2)[C@H](Cc1ccc(OCc2csc(C)n2)cc1)NNC(=O)O[C@H]1CO[C@H]2OCC[C@H]21.